The van der Waals surface area contributed by atoms with Gasteiger partial charge in [-0.3, -0.25) is 4.79 Å². The van der Waals surface area contributed by atoms with Gasteiger partial charge in [-0.25, -0.2) is 14.5 Å². The molecule has 0 aliphatic carbocycles. The molecule has 27 heavy (non-hydrogen) atoms. The van der Waals surface area contributed by atoms with E-state index in [1.54, 1.807) is 75.4 Å². The number of carbonyl (C=O) groups excluding carboxylic acids is 3. The van der Waals surface area contributed by atoms with Crippen LogP contribution in [-0.2, 0) is 14.3 Å². The van der Waals surface area contributed by atoms with Crippen molar-refractivity contribution in [2.24, 2.45) is 0 Å². The third kappa shape index (κ3) is 4.00. The van der Waals surface area contributed by atoms with E-state index in [2.05, 4.69) is 0 Å². The third-order valence-electron chi connectivity index (χ3n) is 4.02. The van der Waals surface area contributed by atoms with Gasteiger partial charge < -0.3 is 9.47 Å². The van der Waals surface area contributed by atoms with E-state index in [0.717, 1.165) is 4.90 Å². The fourth-order valence-corrected chi connectivity index (χ4v) is 2.82. The molecular formula is C21H21NO5. The smallest absolute Gasteiger partial charge is 0.417 e. The van der Waals surface area contributed by atoms with Crippen molar-refractivity contribution in [3.05, 3.63) is 71.8 Å². The summed E-state index contributed by atoms with van der Waals surface area (Å²) in [6, 6.07) is 16.7. The molecule has 2 amide bonds. The summed E-state index contributed by atoms with van der Waals surface area (Å²) < 4.78 is 10.8. The molecule has 0 saturated carbocycles. The lowest BCUT2D eigenvalue weighted by Crippen LogP contribution is -2.63. The van der Waals surface area contributed by atoms with E-state index in [4.69, 9.17) is 9.47 Å². The Morgan fingerprint density at radius 2 is 1.48 bits per heavy atom. The number of imide groups is 1. The average molecular weight is 367 g/mol. The Morgan fingerprint density at radius 1 is 0.926 bits per heavy atom. The predicted molar refractivity (Wildman–Crippen MR) is 97.9 cm³/mol. The number of amides is 2. The Kier molecular flexibility index (Phi) is 4.99. The fraction of sp³-hybridized carbons (Fsp3) is 0.286. The van der Waals surface area contributed by atoms with E-state index in [1.165, 1.54) is 0 Å². The minimum absolute atomic E-state index is 0.341. The van der Waals surface area contributed by atoms with Crippen molar-refractivity contribution in [2.45, 2.75) is 38.5 Å². The lowest BCUT2D eigenvalue weighted by Gasteiger charge is -2.44. The average Bonchev–Trinajstić information content (AvgIpc) is 2.63. The molecule has 6 nitrogen and oxygen atoms in total. The van der Waals surface area contributed by atoms with Gasteiger partial charge in [0.15, 0.2) is 0 Å². The molecule has 0 N–H and O–H groups in total. The second kappa shape index (κ2) is 7.23. The Labute approximate surface area is 157 Å². The molecule has 2 aromatic carbocycles. The molecule has 1 saturated heterocycles. The van der Waals surface area contributed by atoms with Crippen LogP contribution in [0.5, 0.6) is 0 Å². The van der Waals surface area contributed by atoms with Crippen LogP contribution in [0.3, 0.4) is 0 Å². The molecule has 3 rings (SSSR count). The number of hydrogen-bond donors (Lipinski definition) is 0. The number of ether oxygens (including phenoxy) is 2. The standard InChI is InChI=1S/C21H21NO5/c1-21(2,3)27-20(25)22-16(14-10-6-4-7-11-14)17(18(22)23)26-19(24)15-12-8-5-9-13-15/h4-13,16-17H,1-3H3/t16-,17+/m0/s1. The van der Waals surface area contributed by atoms with E-state index in [-0.39, 0.29) is 0 Å². The van der Waals surface area contributed by atoms with Gasteiger partial charge >= 0.3 is 12.1 Å². The van der Waals surface area contributed by atoms with Gasteiger partial charge in [0.2, 0.25) is 6.10 Å². The van der Waals surface area contributed by atoms with Gasteiger partial charge in [-0.05, 0) is 38.5 Å². The summed E-state index contributed by atoms with van der Waals surface area (Å²) in [5.41, 5.74) is 0.284. The normalized spacial score (nSPS) is 19.2. The first-order chi connectivity index (χ1) is 12.8. The minimum Gasteiger partial charge on any atom is -0.446 e. The van der Waals surface area contributed by atoms with Crippen molar-refractivity contribution < 1.29 is 23.9 Å². The van der Waals surface area contributed by atoms with Crippen LogP contribution < -0.4 is 0 Å². The van der Waals surface area contributed by atoms with Gasteiger partial charge in [-0.1, -0.05) is 48.5 Å². The van der Waals surface area contributed by atoms with Gasteiger partial charge in [-0.15, -0.1) is 0 Å². The Morgan fingerprint density at radius 3 is 2.04 bits per heavy atom. The topological polar surface area (TPSA) is 72.9 Å². The number of rotatable bonds is 3. The zero-order chi connectivity index (χ0) is 19.6. The van der Waals surface area contributed by atoms with Crippen molar-refractivity contribution in [1.29, 1.82) is 0 Å². The van der Waals surface area contributed by atoms with Gasteiger partial charge in [0.25, 0.3) is 5.91 Å². The summed E-state index contributed by atoms with van der Waals surface area (Å²) in [6.45, 7) is 5.17. The summed E-state index contributed by atoms with van der Waals surface area (Å²) in [5, 5.41) is 0. The molecule has 0 bridgehead atoms. The number of β-lactam (4-membered cyclic amide) rings is 1. The molecule has 0 radical (unpaired) electrons. The summed E-state index contributed by atoms with van der Waals surface area (Å²) >= 11 is 0. The van der Waals surface area contributed by atoms with Crippen LogP contribution in [-0.4, -0.2) is 34.6 Å². The van der Waals surface area contributed by atoms with E-state index in [0.29, 0.717) is 11.1 Å². The van der Waals surface area contributed by atoms with Gasteiger partial charge in [0.05, 0.1) is 5.56 Å². The van der Waals surface area contributed by atoms with Crippen molar-refractivity contribution in [1.82, 2.24) is 4.90 Å². The second-order valence-corrected chi connectivity index (χ2v) is 7.24. The van der Waals surface area contributed by atoms with Crippen LogP contribution in [0.15, 0.2) is 60.7 Å². The van der Waals surface area contributed by atoms with E-state index >= 15 is 0 Å². The summed E-state index contributed by atoms with van der Waals surface area (Å²) in [7, 11) is 0. The zero-order valence-corrected chi connectivity index (χ0v) is 15.4. The minimum atomic E-state index is -1.08. The Balaban J connectivity index is 1.84. The number of nitrogens with zero attached hydrogens (tertiary/aromatic N) is 1. The van der Waals surface area contributed by atoms with Crippen LogP contribution >= 0.6 is 0 Å². The summed E-state index contributed by atoms with van der Waals surface area (Å²) in [6.07, 6.45) is -1.83. The number of hydrogen-bond acceptors (Lipinski definition) is 5. The largest absolute Gasteiger partial charge is 0.446 e. The quantitative estimate of drug-likeness (QED) is 0.610. The lowest BCUT2D eigenvalue weighted by molar-refractivity contribution is -0.165. The van der Waals surface area contributed by atoms with Gasteiger partial charge in [0.1, 0.15) is 11.6 Å². The molecule has 140 valence electrons. The molecule has 1 heterocycles. The predicted octanol–water partition coefficient (Wildman–Crippen LogP) is 3.73. The highest BCUT2D eigenvalue weighted by molar-refractivity contribution is 6.03. The summed E-state index contributed by atoms with van der Waals surface area (Å²) in [5.74, 6) is -1.21. The van der Waals surface area contributed by atoms with Crippen molar-refractivity contribution in [3.63, 3.8) is 0 Å². The highest BCUT2D eigenvalue weighted by Crippen LogP contribution is 2.38. The van der Waals surface area contributed by atoms with Gasteiger partial charge in [0, 0.05) is 0 Å². The van der Waals surface area contributed by atoms with E-state index in [9.17, 15) is 14.4 Å². The number of likely N-dealkylation sites (tertiary alicyclic amines) is 1. The van der Waals surface area contributed by atoms with Crippen molar-refractivity contribution in [3.8, 4) is 0 Å². The highest BCUT2D eigenvalue weighted by Gasteiger charge is 2.55. The van der Waals surface area contributed by atoms with E-state index in [1.807, 2.05) is 6.07 Å². The van der Waals surface area contributed by atoms with Gasteiger partial charge in [-0.2, -0.15) is 0 Å². The van der Waals surface area contributed by atoms with Crippen molar-refractivity contribution >= 4 is 18.0 Å². The van der Waals surface area contributed by atoms with Crippen LogP contribution in [0, 0.1) is 0 Å². The van der Waals surface area contributed by atoms with Crippen molar-refractivity contribution in [2.75, 3.05) is 0 Å². The highest BCUT2D eigenvalue weighted by atomic mass is 16.6. The maximum Gasteiger partial charge on any atom is 0.417 e. The number of esters is 1. The maximum atomic E-state index is 12.6. The molecule has 6 heteroatoms. The molecule has 1 aliphatic heterocycles. The monoisotopic (exact) mass is 367 g/mol. The van der Waals surface area contributed by atoms with Crippen LogP contribution in [0.25, 0.3) is 0 Å². The molecule has 1 aliphatic rings. The third-order valence-corrected chi connectivity index (χ3v) is 4.02. The van der Waals surface area contributed by atoms with Crippen LogP contribution in [0.1, 0.15) is 42.7 Å². The second-order valence-electron chi connectivity index (χ2n) is 7.24. The first-order valence-corrected chi connectivity index (χ1v) is 8.65. The molecular weight excluding hydrogens is 346 g/mol. The Bertz CT molecular complexity index is 842. The zero-order valence-electron chi connectivity index (χ0n) is 15.4. The van der Waals surface area contributed by atoms with Crippen LogP contribution in [0.4, 0.5) is 4.79 Å². The molecule has 2 atom stereocenters. The van der Waals surface area contributed by atoms with E-state index < -0.39 is 35.7 Å². The molecule has 0 spiro atoms. The van der Waals surface area contributed by atoms with Crippen LogP contribution in [0.2, 0.25) is 0 Å². The molecule has 0 aromatic heterocycles. The summed E-state index contributed by atoms with van der Waals surface area (Å²) in [4.78, 5) is 38.4. The maximum absolute atomic E-state index is 12.6. The number of benzene rings is 2. The molecule has 0 unspecified atom stereocenters. The first-order valence-electron chi connectivity index (χ1n) is 8.65. The molecule has 2 aromatic rings. The molecule has 1 fully saturated rings. The first kappa shape index (κ1) is 18.6. The Hall–Kier alpha value is -3.15. The fourth-order valence-electron chi connectivity index (χ4n) is 2.82. The SMILES string of the molecule is CC(C)(C)OC(=O)N1C(=O)[C@H](OC(=O)c2ccccc2)[C@@H]1c1ccccc1. The lowest BCUT2D eigenvalue weighted by atomic mass is 9.91. The number of carbonyl (C=O) groups is 3.